The molecule has 1 N–H and O–H groups in total. The van der Waals surface area contributed by atoms with Crippen molar-refractivity contribution < 1.29 is 13.5 Å². The molecule has 0 amide bonds. The zero-order chi connectivity index (χ0) is 14.4. The van der Waals surface area contributed by atoms with Crippen molar-refractivity contribution in [3.8, 4) is 0 Å². The number of sulfone groups is 1. The van der Waals surface area contributed by atoms with Crippen molar-refractivity contribution in [3.05, 3.63) is 0 Å². The van der Waals surface area contributed by atoms with Gasteiger partial charge in [-0.2, -0.15) is 0 Å². The van der Waals surface area contributed by atoms with Crippen LogP contribution in [0.5, 0.6) is 0 Å². The van der Waals surface area contributed by atoms with E-state index < -0.39 is 15.4 Å². The van der Waals surface area contributed by atoms with Gasteiger partial charge in [0.1, 0.15) is 0 Å². The Bertz CT molecular complexity index is 519. The lowest BCUT2D eigenvalue weighted by molar-refractivity contribution is -0.149. The normalized spacial score (nSPS) is 60.3. The molecule has 0 radical (unpaired) electrons. The molecule has 2 saturated heterocycles. The van der Waals surface area contributed by atoms with Crippen LogP contribution >= 0.6 is 0 Å². The lowest BCUT2D eigenvalue weighted by Gasteiger charge is -2.59. The summed E-state index contributed by atoms with van der Waals surface area (Å²) in [5, 5.41) is 11.0. The van der Waals surface area contributed by atoms with Crippen molar-refractivity contribution in [3.63, 3.8) is 0 Å². The van der Waals surface area contributed by atoms with E-state index in [1.165, 1.54) is 32.1 Å². The average molecular weight is 310 g/mol. The highest BCUT2D eigenvalue weighted by atomic mass is 32.2. The van der Waals surface area contributed by atoms with Gasteiger partial charge in [0, 0.05) is 0 Å². The zero-order valence-electron chi connectivity index (χ0n) is 12.6. The summed E-state index contributed by atoms with van der Waals surface area (Å²) >= 11 is 0. The van der Waals surface area contributed by atoms with Crippen LogP contribution < -0.4 is 0 Å². The largest absolute Gasteiger partial charge is 0.389 e. The Morgan fingerprint density at radius 1 is 0.810 bits per heavy atom. The van der Waals surface area contributed by atoms with Crippen LogP contribution in [0.25, 0.3) is 0 Å². The van der Waals surface area contributed by atoms with Gasteiger partial charge in [0.15, 0.2) is 9.84 Å². The Morgan fingerprint density at radius 3 is 1.76 bits per heavy atom. The van der Waals surface area contributed by atoms with E-state index in [4.69, 9.17) is 0 Å². The van der Waals surface area contributed by atoms with Crippen molar-refractivity contribution in [2.75, 3.05) is 0 Å². The third kappa shape index (κ3) is 1.72. The fourth-order valence-electron chi connectivity index (χ4n) is 7.36. The summed E-state index contributed by atoms with van der Waals surface area (Å²) in [6, 6.07) is 0. The second-order valence-corrected chi connectivity index (χ2v) is 11.4. The van der Waals surface area contributed by atoms with Crippen molar-refractivity contribution in [2.24, 2.45) is 29.6 Å². The van der Waals surface area contributed by atoms with E-state index in [1.54, 1.807) is 0 Å². The molecule has 4 aliphatic carbocycles. The van der Waals surface area contributed by atoms with Crippen LogP contribution in [0.15, 0.2) is 0 Å². The third-order valence-corrected chi connectivity index (χ3v) is 10.4. The first-order valence-electron chi connectivity index (χ1n) is 8.91. The predicted molar refractivity (Wildman–Crippen MR) is 80.4 cm³/mol. The molecule has 0 spiro atoms. The van der Waals surface area contributed by atoms with Gasteiger partial charge in [-0.25, -0.2) is 8.42 Å². The first-order chi connectivity index (χ1) is 9.96. The SMILES string of the molecule is O=S1(=O)C2CCC1CC(O)(C1C3CC4CC(C3)CC1C4)C2. The van der Waals surface area contributed by atoms with Gasteiger partial charge in [0.25, 0.3) is 0 Å². The summed E-state index contributed by atoms with van der Waals surface area (Å²) in [6.45, 7) is 0. The van der Waals surface area contributed by atoms with Gasteiger partial charge in [-0.1, -0.05) is 0 Å². The quantitative estimate of drug-likeness (QED) is 0.810. The van der Waals surface area contributed by atoms with Crippen molar-refractivity contribution >= 4 is 9.84 Å². The molecule has 0 aromatic carbocycles. The summed E-state index contributed by atoms with van der Waals surface area (Å²) in [5.41, 5.74) is -0.667. The Morgan fingerprint density at radius 2 is 1.29 bits per heavy atom. The molecule has 6 aliphatic rings. The molecule has 0 aromatic heterocycles. The lowest BCUT2D eigenvalue weighted by Crippen LogP contribution is -2.58. The Labute approximate surface area is 127 Å². The average Bonchev–Trinajstić information content (AvgIpc) is 2.58. The van der Waals surface area contributed by atoms with Crippen LogP contribution in [0.4, 0.5) is 0 Å². The monoisotopic (exact) mass is 310 g/mol. The molecule has 3 nitrogen and oxygen atoms in total. The topological polar surface area (TPSA) is 54.4 Å². The fourth-order valence-corrected chi connectivity index (χ4v) is 9.87. The molecule has 2 unspecified atom stereocenters. The first-order valence-corrected chi connectivity index (χ1v) is 10.5. The van der Waals surface area contributed by atoms with Crippen molar-refractivity contribution in [1.29, 1.82) is 0 Å². The maximum absolute atomic E-state index is 12.3. The molecule has 2 aliphatic heterocycles. The van der Waals surface area contributed by atoms with Gasteiger partial charge in [-0.3, -0.25) is 0 Å². The van der Waals surface area contributed by atoms with Crippen LogP contribution in [0.1, 0.15) is 57.8 Å². The van der Waals surface area contributed by atoms with E-state index in [-0.39, 0.29) is 10.5 Å². The number of hydrogen-bond acceptors (Lipinski definition) is 3. The maximum atomic E-state index is 12.3. The van der Waals surface area contributed by atoms with Gasteiger partial charge >= 0.3 is 0 Å². The van der Waals surface area contributed by atoms with E-state index in [0.29, 0.717) is 30.6 Å². The molecule has 118 valence electrons. The van der Waals surface area contributed by atoms with E-state index in [1.807, 2.05) is 0 Å². The molecule has 2 heterocycles. The van der Waals surface area contributed by atoms with E-state index in [2.05, 4.69) is 0 Å². The molecule has 6 fully saturated rings. The predicted octanol–water partition coefficient (Wildman–Crippen LogP) is 2.53. The molecule has 2 atom stereocenters. The Kier molecular flexibility index (Phi) is 2.58. The highest BCUT2D eigenvalue weighted by Gasteiger charge is 2.61. The van der Waals surface area contributed by atoms with Gasteiger partial charge < -0.3 is 5.11 Å². The number of aliphatic hydroxyl groups is 1. The maximum Gasteiger partial charge on any atom is 0.156 e. The van der Waals surface area contributed by atoms with Crippen LogP contribution in [0.2, 0.25) is 0 Å². The molecule has 4 saturated carbocycles. The van der Waals surface area contributed by atoms with E-state index in [0.717, 1.165) is 24.7 Å². The zero-order valence-corrected chi connectivity index (χ0v) is 13.4. The highest BCUT2D eigenvalue weighted by molar-refractivity contribution is 7.93. The fraction of sp³-hybridized carbons (Fsp3) is 1.00. The van der Waals surface area contributed by atoms with Gasteiger partial charge in [0.05, 0.1) is 16.1 Å². The van der Waals surface area contributed by atoms with E-state index in [9.17, 15) is 13.5 Å². The molecular formula is C17H26O3S. The minimum absolute atomic E-state index is 0.238. The third-order valence-electron chi connectivity index (χ3n) is 7.75. The Balaban J connectivity index is 1.48. The number of rotatable bonds is 1. The first kappa shape index (κ1) is 13.4. The van der Waals surface area contributed by atoms with Gasteiger partial charge in [0.2, 0.25) is 0 Å². The van der Waals surface area contributed by atoms with Crippen molar-refractivity contribution in [1.82, 2.24) is 0 Å². The van der Waals surface area contributed by atoms with Crippen molar-refractivity contribution in [2.45, 2.75) is 73.9 Å². The van der Waals surface area contributed by atoms with Crippen LogP contribution in [-0.2, 0) is 9.84 Å². The summed E-state index contributed by atoms with van der Waals surface area (Å²) in [5.74, 6) is 3.61. The highest BCUT2D eigenvalue weighted by Crippen LogP contribution is 2.62. The van der Waals surface area contributed by atoms with Gasteiger partial charge in [-0.05, 0) is 87.4 Å². The lowest BCUT2D eigenvalue weighted by atomic mass is 9.48. The summed E-state index contributed by atoms with van der Waals surface area (Å²) in [6.07, 6.45) is 9.33. The number of hydrogen-bond donors (Lipinski definition) is 1. The van der Waals surface area contributed by atoms with E-state index >= 15 is 0 Å². The number of fused-ring (bicyclic) bond motifs is 2. The molecule has 4 heteroatoms. The molecule has 0 aromatic rings. The standard InChI is InChI=1S/C17H26O3S/c18-17(8-14-1-2-15(9-17)21(14,19)20)16-12-4-10-3-11(6-12)7-13(16)5-10/h10-16,18H,1-9H2. The molecule has 6 bridgehead atoms. The Hall–Kier alpha value is -0.0900. The summed E-state index contributed by atoms with van der Waals surface area (Å²) < 4.78 is 24.7. The van der Waals surface area contributed by atoms with Crippen LogP contribution in [0, 0.1) is 29.6 Å². The molecule has 21 heavy (non-hydrogen) atoms. The molecule has 6 rings (SSSR count). The van der Waals surface area contributed by atoms with Crippen LogP contribution in [0.3, 0.4) is 0 Å². The summed E-state index contributed by atoms with van der Waals surface area (Å²) in [4.78, 5) is 0. The minimum Gasteiger partial charge on any atom is -0.389 e. The van der Waals surface area contributed by atoms with Crippen LogP contribution in [-0.4, -0.2) is 29.6 Å². The smallest absolute Gasteiger partial charge is 0.156 e. The molecular weight excluding hydrogens is 284 g/mol. The summed E-state index contributed by atoms with van der Waals surface area (Å²) in [7, 11) is -2.92. The minimum atomic E-state index is -2.92. The second-order valence-electron chi connectivity index (χ2n) is 8.88. The second kappa shape index (κ2) is 4.05. The van der Waals surface area contributed by atoms with Gasteiger partial charge in [-0.15, -0.1) is 0 Å².